The molecule has 1 aliphatic rings. The molecule has 3 amide bonds. The fourth-order valence-corrected chi connectivity index (χ4v) is 3.14. The molecule has 1 fully saturated rings. The summed E-state index contributed by atoms with van der Waals surface area (Å²) in [5.74, 6) is -1.74. The van der Waals surface area contributed by atoms with Gasteiger partial charge in [-0.25, -0.2) is 0 Å². The SMILES string of the molecule is CSCCC(NC(=O)C(C)N)C(=O)N1CCCC1C(=O)NC(C)C(=O)O. The van der Waals surface area contributed by atoms with Crippen molar-refractivity contribution in [2.75, 3.05) is 18.6 Å². The fraction of sp³-hybridized carbons (Fsp3) is 0.750. The summed E-state index contributed by atoms with van der Waals surface area (Å²) >= 11 is 1.55. The summed E-state index contributed by atoms with van der Waals surface area (Å²) in [5, 5.41) is 14.0. The molecule has 0 aromatic carbocycles. The highest BCUT2D eigenvalue weighted by Crippen LogP contribution is 2.20. The Labute approximate surface area is 157 Å². The molecule has 0 aromatic heterocycles. The molecule has 0 radical (unpaired) electrons. The second kappa shape index (κ2) is 10.4. The minimum absolute atomic E-state index is 0.339. The summed E-state index contributed by atoms with van der Waals surface area (Å²) in [7, 11) is 0. The van der Waals surface area contributed by atoms with Gasteiger partial charge in [-0.1, -0.05) is 0 Å². The standard InChI is InChI=1S/C16H28N4O5S/c1-9(17)13(21)19-11(6-8-26-3)15(23)20-7-4-5-12(20)14(22)18-10(2)16(24)25/h9-12H,4-8,17H2,1-3H3,(H,18,22)(H,19,21)(H,24,25). The van der Waals surface area contributed by atoms with Crippen molar-refractivity contribution in [2.24, 2.45) is 5.73 Å². The number of hydrogen-bond donors (Lipinski definition) is 4. The third-order valence-corrected chi connectivity index (χ3v) is 4.85. The first-order valence-corrected chi connectivity index (χ1v) is 9.97. The smallest absolute Gasteiger partial charge is 0.325 e. The predicted octanol–water partition coefficient (Wildman–Crippen LogP) is -0.848. The first-order chi connectivity index (χ1) is 12.2. The number of carbonyl (C=O) groups is 4. The van der Waals surface area contributed by atoms with Crippen molar-refractivity contribution in [1.29, 1.82) is 0 Å². The highest BCUT2D eigenvalue weighted by molar-refractivity contribution is 7.98. The van der Waals surface area contributed by atoms with E-state index >= 15 is 0 Å². The van der Waals surface area contributed by atoms with E-state index in [9.17, 15) is 19.2 Å². The summed E-state index contributed by atoms with van der Waals surface area (Å²) in [5.41, 5.74) is 5.56. The second-order valence-corrected chi connectivity index (χ2v) is 7.38. The third-order valence-electron chi connectivity index (χ3n) is 4.21. The van der Waals surface area contributed by atoms with E-state index in [4.69, 9.17) is 10.8 Å². The van der Waals surface area contributed by atoms with Gasteiger partial charge >= 0.3 is 5.97 Å². The molecule has 26 heavy (non-hydrogen) atoms. The molecule has 1 aliphatic heterocycles. The molecule has 0 saturated carbocycles. The quantitative estimate of drug-likeness (QED) is 0.403. The van der Waals surface area contributed by atoms with Crippen LogP contribution in [-0.4, -0.2) is 76.4 Å². The summed E-state index contributed by atoms with van der Waals surface area (Å²) in [6, 6.07) is -3.27. The van der Waals surface area contributed by atoms with Gasteiger partial charge in [0.2, 0.25) is 17.7 Å². The molecule has 5 N–H and O–H groups in total. The van der Waals surface area contributed by atoms with Gasteiger partial charge in [0.05, 0.1) is 6.04 Å². The molecule has 1 heterocycles. The molecule has 10 heteroatoms. The van der Waals surface area contributed by atoms with Gasteiger partial charge in [0.25, 0.3) is 0 Å². The summed E-state index contributed by atoms with van der Waals surface area (Å²) in [6.45, 7) is 3.29. The van der Waals surface area contributed by atoms with E-state index in [1.165, 1.54) is 18.7 Å². The number of thioether (sulfide) groups is 1. The number of carbonyl (C=O) groups excluding carboxylic acids is 3. The Balaban J connectivity index is 2.85. The van der Waals surface area contributed by atoms with Gasteiger partial charge in [-0.05, 0) is 45.1 Å². The second-order valence-electron chi connectivity index (χ2n) is 6.39. The molecule has 9 nitrogen and oxygen atoms in total. The zero-order valence-corrected chi connectivity index (χ0v) is 16.2. The van der Waals surface area contributed by atoms with E-state index in [1.807, 2.05) is 6.26 Å². The number of nitrogens with one attached hydrogen (secondary N) is 2. The molecular weight excluding hydrogens is 360 g/mol. The monoisotopic (exact) mass is 388 g/mol. The summed E-state index contributed by atoms with van der Waals surface area (Å²) in [6.07, 6.45) is 3.42. The number of likely N-dealkylation sites (tertiary alicyclic amines) is 1. The molecule has 0 spiro atoms. The van der Waals surface area contributed by atoms with Crippen LogP contribution in [0, 0.1) is 0 Å². The van der Waals surface area contributed by atoms with Gasteiger partial charge in [0.1, 0.15) is 18.1 Å². The van der Waals surface area contributed by atoms with Gasteiger partial charge < -0.3 is 26.4 Å². The Morgan fingerprint density at radius 1 is 1.27 bits per heavy atom. The molecular formula is C16H28N4O5S. The lowest BCUT2D eigenvalue weighted by Gasteiger charge is -2.29. The minimum Gasteiger partial charge on any atom is -0.480 e. The number of amides is 3. The zero-order valence-electron chi connectivity index (χ0n) is 15.4. The lowest BCUT2D eigenvalue weighted by atomic mass is 10.1. The van der Waals surface area contributed by atoms with Crippen LogP contribution >= 0.6 is 11.8 Å². The number of hydrogen-bond acceptors (Lipinski definition) is 6. The Kier molecular flexibility index (Phi) is 8.86. The topological polar surface area (TPSA) is 142 Å². The Morgan fingerprint density at radius 3 is 2.46 bits per heavy atom. The van der Waals surface area contributed by atoms with Crippen molar-refractivity contribution in [1.82, 2.24) is 15.5 Å². The van der Waals surface area contributed by atoms with E-state index in [-0.39, 0.29) is 5.91 Å². The molecule has 0 aromatic rings. The lowest BCUT2D eigenvalue weighted by Crippen LogP contribution is -2.56. The highest BCUT2D eigenvalue weighted by Gasteiger charge is 2.38. The average Bonchev–Trinajstić information content (AvgIpc) is 3.07. The van der Waals surface area contributed by atoms with Crippen LogP contribution in [0.3, 0.4) is 0 Å². The first kappa shape index (κ1) is 22.2. The number of nitrogens with two attached hydrogens (primary N) is 1. The molecule has 4 atom stereocenters. The number of carboxylic acids is 1. The Bertz CT molecular complexity index is 543. The van der Waals surface area contributed by atoms with Crippen LogP contribution in [0.4, 0.5) is 0 Å². The van der Waals surface area contributed by atoms with Crippen LogP contribution in [0.5, 0.6) is 0 Å². The molecule has 4 unspecified atom stereocenters. The number of rotatable bonds is 9. The third kappa shape index (κ3) is 6.17. The van der Waals surface area contributed by atoms with Crippen molar-refractivity contribution in [3.05, 3.63) is 0 Å². The molecule has 148 valence electrons. The highest BCUT2D eigenvalue weighted by atomic mass is 32.2. The maximum atomic E-state index is 12.9. The van der Waals surface area contributed by atoms with E-state index in [0.29, 0.717) is 31.6 Å². The van der Waals surface area contributed by atoms with Gasteiger partial charge in [0.15, 0.2) is 0 Å². The molecule has 0 bridgehead atoms. The maximum absolute atomic E-state index is 12.9. The summed E-state index contributed by atoms with van der Waals surface area (Å²) in [4.78, 5) is 49.5. The Hall–Kier alpha value is -1.81. The van der Waals surface area contributed by atoms with E-state index in [0.717, 1.165) is 0 Å². The van der Waals surface area contributed by atoms with Crippen LogP contribution in [0.15, 0.2) is 0 Å². The van der Waals surface area contributed by atoms with Crippen LogP contribution in [-0.2, 0) is 19.2 Å². The first-order valence-electron chi connectivity index (χ1n) is 8.57. The van der Waals surface area contributed by atoms with Crippen molar-refractivity contribution in [3.63, 3.8) is 0 Å². The van der Waals surface area contributed by atoms with Crippen molar-refractivity contribution in [2.45, 2.75) is 57.3 Å². The van der Waals surface area contributed by atoms with Gasteiger partial charge in [-0.2, -0.15) is 11.8 Å². The summed E-state index contributed by atoms with van der Waals surface area (Å²) < 4.78 is 0. The lowest BCUT2D eigenvalue weighted by molar-refractivity contribution is -0.144. The van der Waals surface area contributed by atoms with E-state index in [2.05, 4.69) is 10.6 Å². The number of nitrogens with zero attached hydrogens (tertiary/aromatic N) is 1. The average molecular weight is 388 g/mol. The van der Waals surface area contributed by atoms with Gasteiger partial charge in [-0.3, -0.25) is 19.2 Å². The van der Waals surface area contributed by atoms with Gasteiger partial charge in [-0.15, -0.1) is 0 Å². The molecule has 1 saturated heterocycles. The van der Waals surface area contributed by atoms with Crippen LogP contribution in [0.25, 0.3) is 0 Å². The number of aliphatic carboxylic acids is 1. The van der Waals surface area contributed by atoms with Crippen LogP contribution in [0.2, 0.25) is 0 Å². The van der Waals surface area contributed by atoms with Crippen molar-refractivity contribution in [3.8, 4) is 0 Å². The van der Waals surface area contributed by atoms with E-state index in [1.54, 1.807) is 11.8 Å². The molecule has 1 rings (SSSR count). The van der Waals surface area contributed by atoms with Crippen molar-refractivity contribution < 1.29 is 24.3 Å². The predicted molar refractivity (Wildman–Crippen MR) is 98.6 cm³/mol. The number of carboxylic acid groups (broad SMARTS) is 1. The Morgan fingerprint density at radius 2 is 1.92 bits per heavy atom. The normalized spacial score (nSPS) is 20.2. The van der Waals surface area contributed by atoms with E-state index < -0.39 is 42.0 Å². The minimum atomic E-state index is -1.14. The fourth-order valence-electron chi connectivity index (χ4n) is 2.67. The van der Waals surface area contributed by atoms with Crippen LogP contribution < -0.4 is 16.4 Å². The maximum Gasteiger partial charge on any atom is 0.325 e. The van der Waals surface area contributed by atoms with Crippen molar-refractivity contribution >= 4 is 35.5 Å². The molecule has 0 aliphatic carbocycles. The van der Waals surface area contributed by atoms with Crippen LogP contribution in [0.1, 0.15) is 33.1 Å². The zero-order chi connectivity index (χ0) is 19.9. The largest absolute Gasteiger partial charge is 0.480 e. The van der Waals surface area contributed by atoms with Gasteiger partial charge in [0, 0.05) is 6.54 Å².